The lowest BCUT2D eigenvalue weighted by molar-refractivity contribution is -0.124. The van der Waals surface area contributed by atoms with Crippen molar-refractivity contribution in [3.8, 4) is 0 Å². The van der Waals surface area contributed by atoms with Gasteiger partial charge in [-0.3, -0.25) is 10.1 Å². The van der Waals surface area contributed by atoms with E-state index in [4.69, 9.17) is 11.6 Å². The van der Waals surface area contributed by atoms with Crippen LogP contribution < -0.4 is 16.0 Å². The lowest BCUT2D eigenvalue weighted by atomic mass is 10.2. The van der Waals surface area contributed by atoms with Crippen LogP contribution in [-0.2, 0) is 4.79 Å². The standard InChI is InChI=1S/C12H13ClF3N3O2/c1-7-2-3-8(13)4-9(7)17-5-10(20)19-11(21)18-6-12(14,15)16/h2-4,17H,5-6H2,1H3,(H2,18,19,20,21). The highest BCUT2D eigenvalue weighted by atomic mass is 35.5. The summed E-state index contributed by atoms with van der Waals surface area (Å²) >= 11 is 5.79. The fraction of sp³-hybridized carbons (Fsp3) is 0.333. The quantitative estimate of drug-likeness (QED) is 0.797. The number of urea groups is 1. The molecule has 0 atom stereocenters. The first-order chi connectivity index (χ1) is 9.67. The number of benzene rings is 1. The number of amides is 3. The van der Waals surface area contributed by atoms with E-state index < -0.39 is 24.7 Å². The monoisotopic (exact) mass is 323 g/mol. The highest BCUT2D eigenvalue weighted by molar-refractivity contribution is 6.30. The fourth-order valence-corrected chi connectivity index (χ4v) is 1.53. The smallest absolute Gasteiger partial charge is 0.376 e. The van der Waals surface area contributed by atoms with Gasteiger partial charge in [-0.05, 0) is 24.6 Å². The van der Waals surface area contributed by atoms with Gasteiger partial charge in [-0.2, -0.15) is 13.2 Å². The van der Waals surface area contributed by atoms with E-state index in [1.165, 1.54) is 5.32 Å². The van der Waals surface area contributed by atoms with E-state index in [2.05, 4.69) is 5.32 Å². The number of anilines is 1. The topological polar surface area (TPSA) is 70.2 Å². The van der Waals surface area contributed by atoms with E-state index >= 15 is 0 Å². The predicted molar refractivity (Wildman–Crippen MR) is 72.3 cm³/mol. The first-order valence-electron chi connectivity index (χ1n) is 5.82. The molecule has 0 radical (unpaired) electrons. The van der Waals surface area contributed by atoms with Gasteiger partial charge in [0.25, 0.3) is 0 Å². The molecule has 0 bridgehead atoms. The Labute approximate surface area is 123 Å². The molecule has 5 nitrogen and oxygen atoms in total. The number of carbonyl (C=O) groups is 2. The third kappa shape index (κ3) is 6.84. The molecule has 21 heavy (non-hydrogen) atoms. The summed E-state index contributed by atoms with van der Waals surface area (Å²) in [6.45, 7) is 0.000168. The molecule has 0 fully saturated rings. The molecule has 0 saturated carbocycles. The number of hydrogen-bond donors (Lipinski definition) is 3. The van der Waals surface area contributed by atoms with Gasteiger partial charge < -0.3 is 10.6 Å². The molecule has 0 aliphatic rings. The zero-order valence-electron chi connectivity index (χ0n) is 11.0. The second kappa shape index (κ2) is 7.16. The van der Waals surface area contributed by atoms with Crippen molar-refractivity contribution in [1.29, 1.82) is 0 Å². The summed E-state index contributed by atoms with van der Waals surface area (Å²) in [6.07, 6.45) is -4.53. The van der Waals surface area contributed by atoms with Crippen molar-refractivity contribution in [2.75, 3.05) is 18.4 Å². The van der Waals surface area contributed by atoms with Crippen molar-refractivity contribution >= 4 is 29.2 Å². The summed E-state index contributed by atoms with van der Waals surface area (Å²) in [6, 6.07) is 3.79. The van der Waals surface area contributed by atoms with Crippen LogP contribution in [0.1, 0.15) is 5.56 Å². The van der Waals surface area contributed by atoms with Crippen molar-refractivity contribution in [2.45, 2.75) is 13.1 Å². The van der Waals surface area contributed by atoms with Gasteiger partial charge in [-0.25, -0.2) is 4.79 Å². The van der Waals surface area contributed by atoms with Crippen molar-refractivity contribution in [3.05, 3.63) is 28.8 Å². The molecule has 3 amide bonds. The molecular formula is C12H13ClF3N3O2. The Morgan fingerprint density at radius 3 is 2.57 bits per heavy atom. The summed E-state index contributed by atoms with van der Waals surface area (Å²) in [4.78, 5) is 22.4. The van der Waals surface area contributed by atoms with E-state index in [1.54, 1.807) is 30.4 Å². The van der Waals surface area contributed by atoms with Crippen LogP contribution in [0.5, 0.6) is 0 Å². The molecule has 0 saturated heterocycles. The van der Waals surface area contributed by atoms with Crippen LogP contribution >= 0.6 is 11.6 Å². The second-order valence-electron chi connectivity index (χ2n) is 4.16. The SMILES string of the molecule is Cc1ccc(Cl)cc1NCC(=O)NC(=O)NCC(F)(F)F. The molecular weight excluding hydrogens is 311 g/mol. The van der Waals surface area contributed by atoms with Gasteiger partial charge in [0.2, 0.25) is 5.91 Å². The number of imide groups is 1. The van der Waals surface area contributed by atoms with E-state index in [0.717, 1.165) is 5.56 Å². The molecule has 3 N–H and O–H groups in total. The Morgan fingerprint density at radius 1 is 1.29 bits per heavy atom. The number of nitrogens with one attached hydrogen (secondary N) is 3. The van der Waals surface area contributed by atoms with Crippen LogP contribution in [0.15, 0.2) is 18.2 Å². The summed E-state index contributed by atoms with van der Waals surface area (Å²) in [5, 5.41) is 6.50. The number of aryl methyl sites for hydroxylation is 1. The Kier molecular flexibility index (Phi) is 5.83. The van der Waals surface area contributed by atoms with Gasteiger partial charge in [0.05, 0.1) is 6.54 Å². The van der Waals surface area contributed by atoms with Crippen LogP contribution in [-0.4, -0.2) is 31.2 Å². The van der Waals surface area contributed by atoms with Crippen molar-refractivity contribution in [3.63, 3.8) is 0 Å². The average Bonchev–Trinajstić information content (AvgIpc) is 2.37. The lowest BCUT2D eigenvalue weighted by Crippen LogP contribution is -2.45. The lowest BCUT2D eigenvalue weighted by Gasteiger charge is -2.11. The highest BCUT2D eigenvalue weighted by Gasteiger charge is 2.27. The van der Waals surface area contributed by atoms with Crippen LogP contribution in [0.4, 0.5) is 23.7 Å². The average molecular weight is 324 g/mol. The van der Waals surface area contributed by atoms with Crippen molar-refractivity contribution < 1.29 is 22.8 Å². The van der Waals surface area contributed by atoms with Gasteiger partial charge in [-0.15, -0.1) is 0 Å². The third-order valence-corrected chi connectivity index (χ3v) is 2.58. The minimum Gasteiger partial charge on any atom is -0.376 e. The maximum absolute atomic E-state index is 11.9. The van der Waals surface area contributed by atoms with Gasteiger partial charge in [-0.1, -0.05) is 17.7 Å². The summed E-state index contributed by atoms with van der Waals surface area (Å²) in [7, 11) is 0. The van der Waals surface area contributed by atoms with Crippen molar-refractivity contribution in [2.24, 2.45) is 0 Å². The van der Waals surface area contributed by atoms with Gasteiger partial charge in [0, 0.05) is 10.7 Å². The maximum Gasteiger partial charge on any atom is 0.405 e. The van der Waals surface area contributed by atoms with E-state index in [1.807, 2.05) is 0 Å². The molecule has 0 heterocycles. The fourth-order valence-electron chi connectivity index (χ4n) is 1.36. The first-order valence-corrected chi connectivity index (χ1v) is 6.19. The molecule has 9 heteroatoms. The molecule has 116 valence electrons. The number of rotatable bonds is 4. The number of alkyl halides is 3. The van der Waals surface area contributed by atoms with E-state index in [9.17, 15) is 22.8 Å². The predicted octanol–water partition coefficient (Wildman–Crippen LogP) is 2.45. The van der Waals surface area contributed by atoms with Crippen LogP contribution in [0, 0.1) is 6.92 Å². The number of carbonyl (C=O) groups excluding carboxylic acids is 2. The molecule has 0 aromatic heterocycles. The molecule has 0 spiro atoms. The molecule has 1 rings (SSSR count). The van der Waals surface area contributed by atoms with Gasteiger partial charge in [0.1, 0.15) is 6.54 Å². The largest absolute Gasteiger partial charge is 0.405 e. The minimum atomic E-state index is -4.53. The second-order valence-corrected chi connectivity index (χ2v) is 4.60. The number of hydrogen-bond acceptors (Lipinski definition) is 3. The Hall–Kier alpha value is -1.96. The molecule has 1 aromatic carbocycles. The highest BCUT2D eigenvalue weighted by Crippen LogP contribution is 2.19. The van der Waals surface area contributed by atoms with Crippen LogP contribution in [0.2, 0.25) is 5.02 Å². The van der Waals surface area contributed by atoms with Crippen LogP contribution in [0.3, 0.4) is 0 Å². The Balaban J connectivity index is 2.40. The summed E-state index contributed by atoms with van der Waals surface area (Å²) < 4.78 is 35.6. The normalized spacial score (nSPS) is 10.9. The van der Waals surface area contributed by atoms with E-state index in [-0.39, 0.29) is 6.54 Å². The summed E-state index contributed by atoms with van der Waals surface area (Å²) in [5.74, 6) is -0.769. The van der Waals surface area contributed by atoms with Crippen LogP contribution in [0.25, 0.3) is 0 Å². The minimum absolute atomic E-state index is 0.277. The molecule has 1 aromatic rings. The van der Waals surface area contributed by atoms with Crippen molar-refractivity contribution in [1.82, 2.24) is 10.6 Å². The molecule has 0 aliphatic carbocycles. The Bertz CT molecular complexity index is 535. The van der Waals surface area contributed by atoms with Gasteiger partial charge >= 0.3 is 12.2 Å². The third-order valence-electron chi connectivity index (χ3n) is 2.34. The first kappa shape index (κ1) is 17.1. The summed E-state index contributed by atoms with van der Waals surface area (Å²) in [5.41, 5.74) is 1.42. The Morgan fingerprint density at radius 2 is 1.95 bits per heavy atom. The number of halogens is 4. The maximum atomic E-state index is 11.9. The molecule has 0 unspecified atom stereocenters. The van der Waals surface area contributed by atoms with Gasteiger partial charge in [0.15, 0.2) is 0 Å². The molecule has 0 aliphatic heterocycles. The zero-order chi connectivity index (χ0) is 16.0. The zero-order valence-corrected chi connectivity index (χ0v) is 11.7. The van der Waals surface area contributed by atoms with E-state index in [0.29, 0.717) is 10.7 Å².